The molecule has 0 unspecified atom stereocenters. The Labute approximate surface area is 77.0 Å². The van der Waals surface area contributed by atoms with Gasteiger partial charge in [-0.1, -0.05) is 11.6 Å². The lowest BCUT2D eigenvalue weighted by atomic mass is 10.1. The summed E-state index contributed by atoms with van der Waals surface area (Å²) in [7, 11) is 0. The predicted octanol–water partition coefficient (Wildman–Crippen LogP) is 3.24. The molecule has 12 heavy (non-hydrogen) atoms. The van der Waals surface area contributed by atoms with Crippen molar-refractivity contribution in [2.24, 2.45) is 0 Å². The summed E-state index contributed by atoms with van der Waals surface area (Å²) < 4.78 is 25.0. The summed E-state index contributed by atoms with van der Waals surface area (Å²) in [6.45, 7) is 0.559. The van der Waals surface area contributed by atoms with E-state index in [1.54, 1.807) is 0 Å². The van der Waals surface area contributed by atoms with E-state index in [-0.39, 0.29) is 9.90 Å². The van der Waals surface area contributed by atoms with E-state index in [0.29, 0.717) is 6.92 Å². The van der Waals surface area contributed by atoms with Crippen molar-refractivity contribution in [2.45, 2.75) is 12.8 Å². The van der Waals surface area contributed by atoms with E-state index in [9.17, 15) is 13.6 Å². The van der Waals surface area contributed by atoms with Gasteiger partial charge in [0.25, 0.3) is 0 Å². The highest BCUT2D eigenvalue weighted by atomic mass is 35.5. The number of halogens is 3. The fourth-order valence-corrected chi connectivity index (χ4v) is 1.61. The molecule has 0 bridgehead atoms. The van der Waals surface area contributed by atoms with Crippen molar-refractivity contribution in [2.75, 3.05) is 0 Å². The average molecular weight is 211 g/mol. The number of alkyl halides is 2. The Kier molecular flexibility index (Phi) is 2.49. The first-order valence-corrected chi connectivity index (χ1v) is 4.34. The Morgan fingerprint density at radius 3 is 2.58 bits per heavy atom. The van der Waals surface area contributed by atoms with Gasteiger partial charge in [-0.2, -0.15) is 8.78 Å². The van der Waals surface area contributed by atoms with E-state index in [1.165, 1.54) is 11.4 Å². The topological polar surface area (TPSA) is 17.1 Å². The second-order valence-corrected chi connectivity index (χ2v) is 3.84. The smallest absolute Gasteiger partial charge is 0.287 e. The van der Waals surface area contributed by atoms with Gasteiger partial charge in [-0.05, 0) is 11.4 Å². The third kappa shape index (κ3) is 1.81. The van der Waals surface area contributed by atoms with Gasteiger partial charge in [0, 0.05) is 6.92 Å². The molecule has 0 aliphatic heterocycles. The molecule has 0 N–H and O–H groups in total. The number of hydrogen-bond donors (Lipinski definition) is 0. The maximum atomic E-state index is 12.5. The zero-order valence-corrected chi connectivity index (χ0v) is 7.68. The molecule has 66 valence electrons. The molecule has 1 nitrogen and oxygen atoms in total. The van der Waals surface area contributed by atoms with Gasteiger partial charge in [0.1, 0.15) is 4.34 Å². The standard InChI is InChI=1S/C7H5ClF2OS/c1-7(9,10)5(11)4-2-3-12-6(4)8/h2-3H,1H3. The number of rotatable bonds is 2. The molecular formula is C7H5ClF2OS. The number of hydrogen-bond acceptors (Lipinski definition) is 2. The van der Waals surface area contributed by atoms with Crippen molar-refractivity contribution in [3.8, 4) is 0 Å². The Bertz CT molecular complexity index is 303. The quantitative estimate of drug-likeness (QED) is 0.685. The minimum absolute atomic E-state index is 0.103. The highest BCUT2D eigenvalue weighted by molar-refractivity contribution is 7.14. The Balaban J connectivity index is 3.01. The maximum Gasteiger partial charge on any atom is 0.307 e. The molecule has 1 aromatic heterocycles. The van der Waals surface area contributed by atoms with Crippen LogP contribution in [0.4, 0.5) is 8.78 Å². The summed E-state index contributed by atoms with van der Waals surface area (Å²) in [5.41, 5.74) is -0.103. The van der Waals surface area contributed by atoms with Crippen LogP contribution in [0.1, 0.15) is 17.3 Å². The van der Waals surface area contributed by atoms with Crippen LogP contribution < -0.4 is 0 Å². The fraction of sp³-hybridized carbons (Fsp3) is 0.286. The zero-order chi connectivity index (χ0) is 9.35. The van der Waals surface area contributed by atoms with Crippen molar-refractivity contribution in [1.82, 2.24) is 0 Å². The van der Waals surface area contributed by atoms with Crippen LogP contribution >= 0.6 is 22.9 Å². The van der Waals surface area contributed by atoms with Crippen molar-refractivity contribution >= 4 is 28.7 Å². The summed E-state index contributed by atoms with van der Waals surface area (Å²) in [4.78, 5) is 10.9. The van der Waals surface area contributed by atoms with Crippen LogP contribution in [0.15, 0.2) is 11.4 Å². The minimum Gasteiger partial charge on any atom is -0.287 e. The molecule has 0 spiro atoms. The first-order valence-electron chi connectivity index (χ1n) is 3.08. The third-order valence-corrected chi connectivity index (χ3v) is 2.43. The lowest BCUT2D eigenvalue weighted by Gasteiger charge is -2.06. The predicted molar refractivity (Wildman–Crippen MR) is 44.3 cm³/mol. The Hall–Kier alpha value is -0.480. The van der Waals surface area contributed by atoms with Gasteiger partial charge in [0.15, 0.2) is 0 Å². The maximum absolute atomic E-state index is 12.5. The van der Waals surface area contributed by atoms with E-state index >= 15 is 0 Å². The molecule has 0 atom stereocenters. The van der Waals surface area contributed by atoms with Crippen molar-refractivity contribution in [3.05, 3.63) is 21.3 Å². The number of ketones is 1. The first-order chi connectivity index (χ1) is 5.43. The summed E-state index contributed by atoms with van der Waals surface area (Å²) >= 11 is 6.57. The first kappa shape index (κ1) is 9.61. The SMILES string of the molecule is CC(F)(F)C(=O)c1ccsc1Cl. The number of carbonyl (C=O) groups is 1. The third-order valence-electron chi connectivity index (χ3n) is 1.26. The molecule has 0 fully saturated rings. The van der Waals surface area contributed by atoms with Gasteiger partial charge in [0.2, 0.25) is 5.78 Å². The molecule has 0 amide bonds. The second-order valence-electron chi connectivity index (χ2n) is 2.33. The molecule has 0 saturated carbocycles. The van der Waals surface area contributed by atoms with Crippen LogP contribution in [0.25, 0.3) is 0 Å². The van der Waals surface area contributed by atoms with Crippen molar-refractivity contribution < 1.29 is 13.6 Å². The normalized spacial score (nSPS) is 11.7. The number of thiophene rings is 1. The molecule has 0 radical (unpaired) electrons. The second kappa shape index (κ2) is 3.11. The van der Waals surface area contributed by atoms with Crippen LogP contribution in [0.3, 0.4) is 0 Å². The van der Waals surface area contributed by atoms with Gasteiger partial charge >= 0.3 is 5.92 Å². The van der Waals surface area contributed by atoms with E-state index < -0.39 is 11.7 Å². The fourth-order valence-electron chi connectivity index (χ4n) is 0.692. The molecular weight excluding hydrogens is 206 g/mol. The van der Waals surface area contributed by atoms with E-state index in [0.717, 1.165) is 11.3 Å². The minimum atomic E-state index is -3.34. The molecule has 0 aliphatic carbocycles. The molecule has 1 heterocycles. The highest BCUT2D eigenvalue weighted by Crippen LogP contribution is 2.28. The van der Waals surface area contributed by atoms with E-state index in [4.69, 9.17) is 11.6 Å². The van der Waals surface area contributed by atoms with Crippen molar-refractivity contribution in [3.63, 3.8) is 0 Å². The molecule has 5 heteroatoms. The van der Waals surface area contributed by atoms with Gasteiger partial charge in [-0.15, -0.1) is 11.3 Å². The molecule has 1 aromatic rings. The van der Waals surface area contributed by atoms with E-state index in [2.05, 4.69) is 0 Å². The van der Waals surface area contributed by atoms with E-state index in [1.807, 2.05) is 0 Å². The summed E-state index contributed by atoms with van der Waals surface area (Å²) in [5, 5.41) is 1.50. The Morgan fingerprint density at radius 1 is 1.67 bits per heavy atom. The lowest BCUT2D eigenvalue weighted by Crippen LogP contribution is -2.23. The summed E-state index contributed by atoms with van der Waals surface area (Å²) in [5.74, 6) is -4.57. The van der Waals surface area contributed by atoms with Crippen molar-refractivity contribution in [1.29, 1.82) is 0 Å². The monoisotopic (exact) mass is 210 g/mol. The summed E-state index contributed by atoms with van der Waals surface area (Å²) in [6.07, 6.45) is 0. The van der Waals surface area contributed by atoms with Gasteiger partial charge < -0.3 is 0 Å². The Morgan fingerprint density at radius 2 is 2.25 bits per heavy atom. The molecule has 0 aromatic carbocycles. The average Bonchev–Trinajstić information content (AvgIpc) is 2.31. The molecule has 1 rings (SSSR count). The number of Topliss-reactive ketones (excluding diaryl/α,β-unsaturated/α-hetero) is 1. The van der Waals surface area contributed by atoms with Crippen LogP contribution in [-0.4, -0.2) is 11.7 Å². The summed E-state index contributed by atoms with van der Waals surface area (Å²) in [6, 6.07) is 1.30. The largest absolute Gasteiger partial charge is 0.307 e. The van der Waals surface area contributed by atoms with Gasteiger partial charge in [-0.25, -0.2) is 0 Å². The number of carbonyl (C=O) groups excluding carboxylic acids is 1. The zero-order valence-electron chi connectivity index (χ0n) is 6.11. The van der Waals surface area contributed by atoms with Crippen LogP contribution in [-0.2, 0) is 0 Å². The van der Waals surface area contributed by atoms with Crippen LogP contribution in [0.5, 0.6) is 0 Å². The van der Waals surface area contributed by atoms with Gasteiger partial charge in [-0.3, -0.25) is 4.79 Å². The molecule has 0 aliphatic rings. The molecule has 0 saturated heterocycles. The lowest BCUT2D eigenvalue weighted by molar-refractivity contribution is 0.0222. The highest BCUT2D eigenvalue weighted by Gasteiger charge is 2.34. The van der Waals surface area contributed by atoms with Gasteiger partial charge in [0.05, 0.1) is 5.56 Å². The van der Waals surface area contributed by atoms with Crippen LogP contribution in [0, 0.1) is 0 Å². The van der Waals surface area contributed by atoms with Crippen LogP contribution in [0.2, 0.25) is 4.34 Å².